The highest BCUT2D eigenvalue weighted by Crippen LogP contribution is 2.43. The molecule has 5 rings (SSSR count). The Balaban J connectivity index is 1.31. The Bertz CT molecular complexity index is 1120. The quantitative estimate of drug-likeness (QED) is 0.666. The van der Waals surface area contributed by atoms with Gasteiger partial charge in [-0.05, 0) is 36.6 Å². The van der Waals surface area contributed by atoms with E-state index in [0.29, 0.717) is 18.7 Å². The highest BCUT2D eigenvalue weighted by atomic mass is 19.1. The number of fused-ring (bicyclic) bond motifs is 4. The van der Waals surface area contributed by atoms with E-state index < -0.39 is 0 Å². The standard InChI is InChI=1S/C24H26FN3O3/c1-30-17-6-7-18-20(12-17)27-21-13-26-15-24(22(18)21)8-10-28(11-9-24)23(29)31-14-16-4-2-3-5-19(16)25/h2-7,12,26-27H,8-11,13-15H2,1H3. The van der Waals surface area contributed by atoms with Gasteiger partial charge < -0.3 is 24.7 Å². The molecule has 0 atom stereocenters. The maximum Gasteiger partial charge on any atom is 0.410 e. The van der Waals surface area contributed by atoms with E-state index in [1.807, 2.05) is 12.1 Å². The summed E-state index contributed by atoms with van der Waals surface area (Å²) in [4.78, 5) is 17.9. The minimum absolute atomic E-state index is 0.0251. The molecule has 1 fully saturated rings. The number of hydrogen-bond acceptors (Lipinski definition) is 4. The highest BCUT2D eigenvalue weighted by molar-refractivity contribution is 5.87. The Kier molecular flexibility index (Phi) is 5.06. The number of nitrogens with zero attached hydrogens (tertiary/aromatic N) is 1. The third-order valence-corrected chi connectivity index (χ3v) is 6.67. The lowest BCUT2D eigenvalue weighted by atomic mass is 9.70. The van der Waals surface area contributed by atoms with Gasteiger partial charge in [0.15, 0.2) is 0 Å². The van der Waals surface area contributed by atoms with Crippen LogP contribution in [0.2, 0.25) is 0 Å². The van der Waals surface area contributed by atoms with Gasteiger partial charge in [-0.3, -0.25) is 0 Å². The molecule has 1 saturated heterocycles. The van der Waals surface area contributed by atoms with E-state index in [0.717, 1.165) is 37.2 Å². The van der Waals surface area contributed by atoms with E-state index in [9.17, 15) is 9.18 Å². The van der Waals surface area contributed by atoms with Crippen LogP contribution in [0.4, 0.5) is 9.18 Å². The number of H-pyrrole nitrogens is 1. The number of ether oxygens (including phenoxy) is 2. The molecule has 2 aromatic carbocycles. The smallest absolute Gasteiger partial charge is 0.410 e. The average molecular weight is 423 g/mol. The van der Waals surface area contributed by atoms with Crippen LogP contribution >= 0.6 is 0 Å². The van der Waals surface area contributed by atoms with Crippen LogP contribution in [0.3, 0.4) is 0 Å². The SMILES string of the molecule is COc1ccc2c3c([nH]c2c1)CNCC31CCN(C(=O)OCc2ccccc2F)CC1. The van der Waals surface area contributed by atoms with Crippen LogP contribution in [-0.4, -0.2) is 42.7 Å². The molecule has 31 heavy (non-hydrogen) atoms. The summed E-state index contributed by atoms with van der Waals surface area (Å²) < 4.78 is 24.5. The molecule has 1 aromatic heterocycles. The third-order valence-electron chi connectivity index (χ3n) is 6.67. The predicted molar refractivity (Wildman–Crippen MR) is 116 cm³/mol. The topological polar surface area (TPSA) is 66.6 Å². The molecule has 2 N–H and O–H groups in total. The molecule has 3 aromatic rings. The molecule has 2 aliphatic heterocycles. The first-order chi connectivity index (χ1) is 15.1. The van der Waals surface area contributed by atoms with Gasteiger partial charge in [0, 0.05) is 59.8 Å². The average Bonchev–Trinajstić information content (AvgIpc) is 3.18. The summed E-state index contributed by atoms with van der Waals surface area (Å²) in [5.74, 6) is 0.477. The molecule has 0 unspecified atom stereocenters. The number of benzene rings is 2. The van der Waals surface area contributed by atoms with E-state index in [2.05, 4.69) is 16.4 Å². The van der Waals surface area contributed by atoms with Crippen LogP contribution in [0, 0.1) is 5.82 Å². The summed E-state index contributed by atoms with van der Waals surface area (Å²) in [7, 11) is 1.67. The first-order valence-corrected chi connectivity index (χ1v) is 10.6. The normalized spacial score (nSPS) is 17.5. The van der Waals surface area contributed by atoms with Crippen molar-refractivity contribution in [1.29, 1.82) is 0 Å². The summed E-state index contributed by atoms with van der Waals surface area (Å²) in [5, 5.41) is 4.78. The largest absolute Gasteiger partial charge is 0.497 e. The molecular weight excluding hydrogens is 397 g/mol. The molecule has 0 radical (unpaired) electrons. The maximum atomic E-state index is 13.8. The molecule has 0 aliphatic carbocycles. The lowest BCUT2D eigenvalue weighted by molar-refractivity contribution is 0.0754. The van der Waals surface area contributed by atoms with Gasteiger partial charge in [-0.2, -0.15) is 0 Å². The van der Waals surface area contributed by atoms with Crippen molar-refractivity contribution in [1.82, 2.24) is 15.2 Å². The molecule has 6 nitrogen and oxygen atoms in total. The van der Waals surface area contributed by atoms with Gasteiger partial charge in [0.2, 0.25) is 0 Å². The number of hydrogen-bond donors (Lipinski definition) is 2. The number of piperidine rings is 1. The number of methoxy groups -OCH3 is 1. The first kappa shape index (κ1) is 19.9. The Morgan fingerprint density at radius 2 is 2.00 bits per heavy atom. The number of nitrogens with one attached hydrogen (secondary N) is 2. The summed E-state index contributed by atoms with van der Waals surface area (Å²) >= 11 is 0. The van der Waals surface area contributed by atoms with Gasteiger partial charge in [-0.15, -0.1) is 0 Å². The summed E-state index contributed by atoms with van der Waals surface area (Å²) in [6, 6.07) is 12.5. The van der Waals surface area contributed by atoms with Crippen molar-refractivity contribution < 1.29 is 18.7 Å². The number of likely N-dealkylation sites (tertiary alicyclic amines) is 1. The minimum Gasteiger partial charge on any atom is -0.497 e. The number of carbonyl (C=O) groups is 1. The van der Waals surface area contributed by atoms with Crippen LogP contribution in [0.15, 0.2) is 42.5 Å². The van der Waals surface area contributed by atoms with Crippen LogP contribution in [0.25, 0.3) is 10.9 Å². The molecule has 0 bridgehead atoms. The molecule has 2 aliphatic rings. The fourth-order valence-corrected chi connectivity index (χ4v) is 5.00. The zero-order chi connectivity index (χ0) is 21.4. The van der Waals surface area contributed by atoms with Gasteiger partial charge in [-0.1, -0.05) is 18.2 Å². The molecule has 1 spiro atoms. The van der Waals surface area contributed by atoms with Gasteiger partial charge in [0.1, 0.15) is 18.2 Å². The fraction of sp³-hybridized carbons (Fsp3) is 0.375. The van der Waals surface area contributed by atoms with E-state index in [1.165, 1.54) is 22.7 Å². The van der Waals surface area contributed by atoms with E-state index in [1.54, 1.807) is 30.2 Å². The Hall–Kier alpha value is -3.06. The minimum atomic E-state index is -0.384. The van der Waals surface area contributed by atoms with E-state index >= 15 is 0 Å². The molecule has 1 amide bonds. The second-order valence-corrected chi connectivity index (χ2v) is 8.41. The van der Waals surface area contributed by atoms with Gasteiger partial charge >= 0.3 is 6.09 Å². The second-order valence-electron chi connectivity index (χ2n) is 8.41. The molecular formula is C24H26FN3O3. The summed E-state index contributed by atoms with van der Waals surface area (Å²) in [5.41, 5.74) is 4.02. The van der Waals surface area contributed by atoms with Crippen molar-refractivity contribution in [2.45, 2.75) is 31.4 Å². The summed E-state index contributed by atoms with van der Waals surface area (Å²) in [6.45, 7) is 2.86. The van der Waals surface area contributed by atoms with Gasteiger partial charge in [-0.25, -0.2) is 9.18 Å². The summed E-state index contributed by atoms with van der Waals surface area (Å²) in [6.07, 6.45) is 1.31. The monoisotopic (exact) mass is 423 g/mol. The van der Waals surface area contributed by atoms with Crippen LogP contribution < -0.4 is 10.1 Å². The number of rotatable bonds is 3. The Morgan fingerprint density at radius 1 is 1.19 bits per heavy atom. The number of aromatic nitrogens is 1. The lowest BCUT2D eigenvalue weighted by Crippen LogP contribution is -2.51. The first-order valence-electron chi connectivity index (χ1n) is 10.6. The predicted octanol–water partition coefficient (Wildman–Crippen LogP) is 4.09. The van der Waals surface area contributed by atoms with Crippen molar-refractivity contribution >= 4 is 17.0 Å². The fourth-order valence-electron chi connectivity index (χ4n) is 5.00. The van der Waals surface area contributed by atoms with Crippen molar-refractivity contribution in [2.24, 2.45) is 0 Å². The Morgan fingerprint density at radius 3 is 2.77 bits per heavy atom. The molecule has 162 valence electrons. The number of amides is 1. The number of aromatic amines is 1. The van der Waals surface area contributed by atoms with Gasteiger partial charge in [0.25, 0.3) is 0 Å². The number of carbonyl (C=O) groups excluding carboxylic acids is 1. The van der Waals surface area contributed by atoms with Crippen LogP contribution in [0.1, 0.15) is 29.7 Å². The molecule has 0 saturated carbocycles. The van der Waals surface area contributed by atoms with E-state index in [-0.39, 0.29) is 23.9 Å². The van der Waals surface area contributed by atoms with Crippen LogP contribution in [-0.2, 0) is 23.3 Å². The van der Waals surface area contributed by atoms with E-state index in [4.69, 9.17) is 9.47 Å². The molecule has 7 heteroatoms. The van der Waals surface area contributed by atoms with Crippen molar-refractivity contribution in [3.8, 4) is 5.75 Å². The number of halogens is 1. The van der Waals surface area contributed by atoms with Crippen molar-refractivity contribution in [2.75, 3.05) is 26.7 Å². The zero-order valence-corrected chi connectivity index (χ0v) is 17.5. The Labute approximate surface area is 180 Å². The van der Waals surface area contributed by atoms with Crippen molar-refractivity contribution in [3.63, 3.8) is 0 Å². The second kappa shape index (κ2) is 7.89. The third kappa shape index (κ3) is 3.53. The highest BCUT2D eigenvalue weighted by Gasteiger charge is 2.42. The lowest BCUT2D eigenvalue weighted by Gasteiger charge is -2.44. The van der Waals surface area contributed by atoms with Crippen LogP contribution in [0.5, 0.6) is 5.75 Å². The zero-order valence-electron chi connectivity index (χ0n) is 17.5. The molecule has 3 heterocycles. The van der Waals surface area contributed by atoms with Gasteiger partial charge in [0.05, 0.1) is 7.11 Å². The maximum absolute atomic E-state index is 13.8. The van der Waals surface area contributed by atoms with Crippen molar-refractivity contribution in [3.05, 3.63) is 65.1 Å².